The minimum atomic E-state index is -0.342. The predicted octanol–water partition coefficient (Wildman–Crippen LogP) is 2.58. The number of aryl methyl sites for hydroxylation is 2. The lowest BCUT2D eigenvalue weighted by Gasteiger charge is -2.16. The summed E-state index contributed by atoms with van der Waals surface area (Å²) in [7, 11) is 0. The molecule has 1 unspecified atom stereocenters. The van der Waals surface area contributed by atoms with Crippen molar-refractivity contribution in [1.82, 2.24) is 10.4 Å². The second kappa shape index (κ2) is 5.91. The van der Waals surface area contributed by atoms with Gasteiger partial charge in [0.25, 0.3) is 0 Å². The minimum absolute atomic E-state index is 0.123. The van der Waals surface area contributed by atoms with Crippen molar-refractivity contribution in [2.24, 2.45) is 5.84 Å². The number of hydrogen-bond donors (Lipinski definition) is 2. The highest BCUT2D eigenvalue weighted by Crippen LogP contribution is 2.18. The van der Waals surface area contributed by atoms with Crippen LogP contribution in [0.1, 0.15) is 28.4 Å². The Balaban J connectivity index is 2.21. The Labute approximate surface area is 112 Å². The highest BCUT2D eigenvalue weighted by atomic mass is 19.1. The first-order chi connectivity index (χ1) is 9.08. The molecule has 2 aromatic rings. The lowest BCUT2D eigenvalue weighted by atomic mass is 9.99. The van der Waals surface area contributed by atoms with Crippen molar-refractivity contribution >= 4 is 0 Å². The van der Waals surface area contributed by atoms with E-state index in [1.54, 1.807) is 6.07 Å². The molecule has 100 valence electrons. The Bertz CT molecular complexity index is 532. The maximum atomic E-state index is 12.9. The largest absolute Gasteiger partial charge is 0.271 e. The van der Waals surface area contributed by atoms with Gasteiger partial charge in [-0.2, -0.15) is 0 Å². The molecule has 2 rings (SSSR count). The molecule has 0 saturated carbocycles. The maximum Gasteiger partial charge on any atom is 0.141 e. The van der Waals surface area contributed by atoms with Gasteiger partial charge in [-0.05, 0) is 38.0 Å². The minimum Gasteiger partial charge on any atom is -0.271 e. The van der Waals surface area contributed by atoms with Crippen LogP contribution < -0.4 is 11.3 Å². The number of hydrazine groups is 1. The summed E-state index contributed by atoms with van der Waals surface area (Å²) >= 11 is 0. The maximum absolute atomic E-state index is 12.9. The molecular weight excluding hydrogens is 241 g/mol. The highest BCUT2D eigenvalue weighted by Gasteiger charge is 2.12. The van der Waals surface area contributed by atoms with Gasteiger partial charge in [-0.1, -0.05) is 29.3 Å². The summed E-state index contributed by atoms with van der Waals surface area (Å²) in [6, 6.07) is 9.31. The van der Waals surface area contributed by atoms with Crippen molar-refractivity contribution in [1.29, 1.82) is 0 Å². The Morgan fingerprint density at radius 1 is 1.21 bits per heavy atom. The molecule has 1 aromatic carbocycles. The Morgan fingerprint density at radius 3 is 2.42 bits per heavy atom. The van der Waals surface area contributed by atoms with Gasteiger partial charge in [-0.25, -0.2) is 4.39 Å². The standard InChI is InChI=1S/C15H18FN3/c1-10-5-11(2)7-12(6-10)8-15(19-17)14-4-3-13(16)9-18-14/h3-7,9,15,19H,8,17H2,1-2H3. The second-order valence-electron chi connectivity index (χ2n) is 4.82. The number of aromatic nitrogens is 1. The van der Waals surface area contributed by atoms with Crippen molar-refractivity contribution in [3.05, 3.63) is 64.7 Å². The summed E-state index contributed by atoms with van der Waals surface area (Å²) in [4.78, 5) is 4.07. The van der Waals surface area contributed by atoms with Gasteiger partial charge in [0.15, 0.2) is 0 Å². The van der Waals surface area contributed by atoms with Crippen LogP contribution >= 0.6 is 0 Å². The average molecular weight is 259 g/mol. The van der Waals surface area contributed by atoms with Crippen LogP contribution in [0.3, 0.4) is 0 Å². The number of nitrogens with one attached hydrogen (secondary N) is 1. The van der Waals surface area contributed by atoms with E-state index in [9.17, 15) is 4.39 Å². The molecular formula is C15H18FN3. The molecule has 0 spiro atoms. The molecule has 1 atom stereocenters. The zero-order valence-electron chi connectivity index (χ0n) is 11.2. The summed E-state index contributed by atoms with van der Waals surface area (Å²) in [5.74, 6) is 5.24. The van der Waals surface area contributed by atoms with E-state index in [1.807, 2.05) is 0 Å². The van der Waals surface area contributed by atoms with E-state index in [-0.39, 0.29) is 11.9 Å². The van der Waals surface area contributed by atoms with Gasteiger partial charge in [0, 0.05) is 0 Å². The zero-order chi connectivity index (χ0) is 13.8. The normalized spacial score (nSPS) is 12.4. The van der Waals surface area contributed by atoms with Gasteiger partial charge in [-0.15, -0.1) is 0 Å². The van der Waals surface area contributed by atoms with E-state index in [4.69, 9.17) is 5.84 Å². The van der Waals surface area contributed by atoms with Crippen LogP contribution in [0.5, 0.6) is 0 Å². The second-order valence-corrected chi connectivity index (χ2v) is 4.82. The highest BCUT2D eigenvalue weighted by molar-refractivity contribution is 5.30. The molecule has 0 fully saturated rings. The fourth-order valence-corrected chi connectivity index (χ4v) is 2.26. The first-order valence-electron chi connectivity index (χ1n) is 6.23. The number of nitrogens with two attached hydrogens (primary N) is 1. The van der Waals surface area contributed by atoms with Gasteiger partial charge in [0.2, 0.25) is 0 Å². The molecule has 4 heteroatoms. The summed E-state index contributed by atoms with van der Waals surface area (Å²) in [5, 5.41) is 0. The van der Waals surface area contributed by atoms with Crippen molar-refractivity contribution in [2.75, 3.05) is 0 Å². The van der Waals surface area contributed by atoms with Crippen LogP contribution in [0.25, 0.3) is 0 Å². The number of halogens is 1. The lowest BCUT2D eigenvalue weighted by Crippen LogP contribution is -2.30. The third kappa shape index (κ3) is 3.59. The van der Waals surface area contributed by atoms with Gasteiger partial charge in [0.1, 0.15) is 5.82 Å². The van der Waals surface area contributed by atoms with E-state index < -0.39 is 0 Å². The quantitative estimate of drug-likeness (QED) is 0.655. The zero-order valence-corrected chi connectivity index (χ0v) is 11.2. The van der Waals surface area contributed by atoms with E-state index in [0.717, 1.165) is 12.1 Å². The van der Waals surface area contributed by atoms with Gasteiger partial charge in [-0.3, -0.25) is 16.3 Å². The van der Waals surface area contributed by atoms with Crippen molar-refractivity contribution in [3.8, 4) is 0 Å². The Kier molecular flexibility index (Phi) is 4.24. The average Bonchev–Trinajstić information content (AvgIpc) is 2.36. The van der Waals surface area contributed by atoms with Gasteiger partial charge >= 0.3 is 0 Å². The van der Waals surface area contributed by atoms with Crippen molar-refractivity contribution in [2.45, 2.75) is 26.3 Å². The van der Waals surface area contributed by atoms with Crippen LogP contribution in [0.2, 0.25) is 0 Å². The third-order valence-corrected chi connectivity index (χ3v) is 3.03. The molecule has 1 heterocycles. The fourth-order valence-electron chi connectivity index (χ4n) is 2.26. The molecule has 0 radical (unpaired) electrons. The molecule has 0 saturated heterocycles. The first-order valence-corrected chi connectivity index (χ1v) is 6.23. The molecule has 0 aliphatic carbocycles. The number of rotatable bonds is 4. The van der Waals surface area contributed by atoms with E-state index in [0.29, 0.717) is 0 Å². The lowest BCUT2D eigenvalue weighted by molar-refractivity contribution is 0.533. The molecule has 0 aliphatic heterocycles. The van der Waals surface area contributed by atoms with E-state index >= 15 is 0 Å². The summed E-state index contributed by atoms with van der Waals surface area (Å²) < 4.78 is 12.9. The van der Waals surface area contributed by atoms with Crippen LogP contribution in [-0.4, -0.2) is 4.98 Å². The monoisotopic (exact) mass is 259 g/mol. The first kappa shape index (κ1) is 13.6. The van der Waals surface area contributed by atoms with Gasteiger partial charge in [0.05, 0.1) is 17.9 Å². The molecule has 0 amide bonds. The van der Waals surface area contributed by atoms with E-state index in [1.165, 1.54) is 29.0 Å². The molecule has 3 N–H and O–H groups in total. The SMILES string of the molecule is Cc1cc(C)cc(CC(NN)c2ccc(F)cn2)c1. The number of benzene rings is 1. The van der Waals surface area contributed by atoms with Crippen LogP contribution in [0.4, 0.5) is 4.39 Å². The Morgan fingerprint density at radius 2 is 1.89 bits per heavy atom. The number of nitrogens with zero attached hydrogens (tertiary/aromatic N) is 1. The molecule has 0 bridgehead atoms. The molecule has 1 aromatic heterocycles. The summed E-state index contributed by atoms with van der Waals surface area (Å²) in [5.41, 5.74) is 7.11. The molecule has 3 nitrogen and oxygen atoms in total. The smallest absolute Gasteiger partial charge is 0.141 e. The number of pyridine rings is 1. The number of hydrogen-bond acceptors (Lipinski definition) is 3. The Hall–Kier alpha value is -1.78. The van der Waals surface area contributed by atoms with Crippen molar-refractivity contribution in [3.63, 3.8) is 0 Å². The topological polar surface area (TPSA) is 50.9 Å². The van der Waals surface area contributed by atoms with Crippen molar-refractivity contribution < 1.29 is 4.39 Å². The molecule has 19 heavy (non-hydrogen) atoms. The summed E-state index contributed by atoms with van der Waals surface area (Å²) in [6.45, 7) is 4.13. The van der Waals surface area contributed by atoms with Crippen LogP contribution in [-0.2, 0) is 6.42 Å². The molecule has 0 aliphatic rings. The fraction of sp³-hybridized carbons (Fsp3) is 0.267. The van der Waals surface area contributed by atoms with E-state index in [2.05, 4.69) is 42.5 Å². The van der Waals surface area contributed by atoms with Crippen LogP contribution in [0, 0.1) is 19.7 Å². The third-order valence-electron chi connectivity index (χ3n) is 3.03. The summed E-state index contributed by atoms with van der Waals surface area (Å²) in [6.07, 6.45) is 1.93. The van der Waals surface area contributed by atoms with Crippen LogP contribution in [0.15, 0.2) is 36.5 Å². The predicted molar refractivity (Wildman–Crippen MR) is 73.9 cm³/mol. The van der Waals surface area contributed by atoms with Gasteiger partial charge < -0.3 is 0 Å².